The second-order valence-corrected chi connectivity index (χ2v) is 6.84. The van der Waals surface area contributed by atoms with Gasteiger partial charge in [-0.25, -0.2) is 4.98 Å². The van der Waals surface area contributed by atoms with Crippen LogP contribution in [0, 0.1) is 0 Å². The molecule has 0 amide bonds. The number of allylic oxidation sites excluding steroid dienone is 3. The van der Waals surface area contributed by atoms with E-state index in [4.69, 9.17) is 0 Å². The molecule has 0 saturated heterocycles. The molecule has 1 aliphatic heterocycles. The summed E-state index contributed by atoms with van der Waals surface area (Å²) in [4.78, 5) is 17.1. The Morgan fingerprint density at radius 3 is 2.61 bits per heavy atom. The first-order valence-corrected chi connectivity index (χ1v) is 8.89. The molecule has 6 heteroatoms. The molecule has 0 aliphatic carbocycles. The van der Waals surface area contributed by atoms with E-state index in [1.54, 1.807) is 0 Å². The third-order valence-corrected chi connectivity index (χ3v) is 4.77. The Balaban J connectivity index is 1.80. The zero-order valence-corrected chi connectivity index (χ0v) is 15.1. The van der Waals surface area contributed by atoms with Crippen LogP contribution in [-0.2, 0) is 12.7 Å². The van der Waals surface area contributed by atoms with Gasteiger partial charge in [0, 0.05) is 6.54 Å². The third kappa shape index (κ3) is 3.38. The summed E-state index contributed by atoms with van der Waals surface area (Å²) >= 11 is 0. The van der Waals surface area contributed by atoms with E-state index in [0.29, 0.717) is 18.8 Å². The van der Waals surface area contributed by atoms with Crippen molar-refractivity contribution in [3.63, 3.8) is 0 Å². The molecule has 142 valence electrons. The highest BCUT2D eigenvalue weighted by molar-refractivity contribution is 5.81. The quantitative estimate of drug-likeness (QED) is 0.602. The highest BCUT2D eigenvalue weighted by atomic mass is 19.4. The van der Waals surface area contributed by atoms with Gasteiger partial charge in [-0.05, 0) is 42.7 Å². The van der Waals surface area contributed by atoms with Gasteiger partial charge < -0.3 is 0 Å². The summed E-state index contributed by atoms with van der Waals surface area (Å²) in [7, 11) is 0. The van der Waals surface area contributed by atoms with Crippen LogP contribution in [0.15, 0.2) is 65.0 Å². The lowest BCUT2D eigenvalue weighted by Gasteiger charge is -2.09. The molecule has 1 aliphatic rings. The van der Waals surface area contributed by atoms with Crippen LogP contribution in [0.2, 0.25) is 0 Å². The molecule has 28 heavy (non-hydrogen) atoms. The van der Waals surface area contributed by atoms with E-state index in [1.807, 2.05) is 49.4 Å². The SMILES string of the molecule is CC(/C=C1/CCn2c1nc1cc(C(F)(F)F)ccc1c2=O)=C\c1ccccc1. The van der Waals surface area contributed by atoms with Gasteiger partial charge in [0.25, 0.3) is 5.56 Å². The molecule has 1 aromatic heterocycles. The van der Waals surface area contributed by atoms with Crippen LogP contribution < -0.4 is 5.56 Å². The Morgan fingerprint density at radius 2 is 1.89 bits per heavy atom. The predicted octanol–water partition coefficient (Wildman–Crippen LogP) is 5.31. The third-order valence-electron chi connectivity index (χ3n) is 4.77. The fourth-order valence-corrected chi connectivity index (χ4v) is 3.46. The molecule has 0 saturated carbocycles. The maximum atomic E-state index is 13.0. The normalized spacial score (nSPS) is 16.0. The van der Waals surface area contributed by atoms with Crippen molar-refractivity contribution < 1.29 is 13.2 Å². The van der Waals surface area contributed by atoms with Gasteiger partial charge in [-0.3, -0.25) is 9.36 Å². The number of alkyl halides is 3. The Morgan fingerprint density at radius 1 is 1.14 bits per heavy atom. The monoisotopic (exact) mass is 382 g/mol. The summed E-state index contributed by atoms with van der Waals surface area (Å²) in [6, 6.07) is 12.9. The number of hydrogen-bond donors (Lipinski definition) is 0. The Kier molecular flexibility index (Phi) is 4.41. The summed E-state index contributed by atoms with van der Waals surface area (Å²) < 4.78 is 40.6. The fourth-order valence-electron chi connectivity index (χ4n) is 3.46. The summed E-state index contributed by atoms with van der Waals surface area (Å²) in [6.07, 6.45) is 0.0949. The number of rotatable bonds is 2. The predicted molar refractivity (Wildman–Crippen MR) is 104 cm³/mol. The van der Waals surface area contributed by atoms with Crippen molar-refractivity contribution in [2.24, 2.45) is 0 Å². The summed E-state index contributed by atoms with van der Waals surface area (Å²) in [5.41, 5.74) is 1.84. The molecule has 3 aromatic rings. The lowest BCUT2D eigenvalue weighted by atomic mass is 10.1. The molecule has 0 radical (unpaired) electrons. The smallest absolute Gasteiger partial charge is 0.292 e. The van der Waals surface area contributed by atoms with Gasteiger partial charge in [-0.15, -0.1) is 0 Å². The van der Waals surface area contributed by atoms with Crippen LogP contribution in [0.5, 0.6) is 0 Å². The van der Waals surface area contributed by atoms with E-state index in [0.717, 1.165) is 28.8 Å². The van der Waals surface area contributed by atoms with Crippen LogP contribution in [0.3, 0.4) is 0 Å². The largest absolute Gasteiger partial charge is 0.416 e. The van der Waals surface area contributed by atoms with Crippen molar-refractivity contribution in [2.45, 2.75) is 26.1 Å². The van der Waals surface area contributed by atoms with Crippen LogP contribution in [-0.4, -0.2) is 9.55 Å². The zero-order chi connectivity index (χ0) is 19.9. The first-order valence-electron chi connectivity index (χ1n) is 8.89. The molecule has 0 unspecified atom stereocenters. The minimum atomic E-state index is -4.47. The van der Waals surface area contributed by atoms with Gasteiger partial charge in [0.2, 0.25) is 0 Å². The van der Waals surface area contributed by atoms with Crippen LogP contribution in [0.4, 0.5) is 13.2 Å². The molecule has 0 fully saturated rings. The van der Waals surface area contributed by atoms with Gasteiger partial charge in [0.1, 0.15) is 5.82 Å². The Bertz CT molecular complexity index is 1170. The van der Waals surface area contributed by atoms with Crippen molar-refractivity contribution in [2.75, 3.05) is 0 Å². The summed E-state index contributed by atoms with van der Waals surface area (Å²) in [6.45, 7) is 2.42. The maximum Gasteiger partial charge on any atom is 0.416 e. The van der Waals surface area contributed by atoms with Gasteiger partial charge in [-0.1, -0.05) is 48.1 Å². The highest BCUT2D eigenvalue weighted by Crippen LogP contribution is 2.32. The van der Waals surface area contributed by atoms with Crippen LogP contribution in [0.1, 0.15) is 30.3 Å². The Labute approximate surface area is 159 Å². The van der Waals surface area contributed by atoms with Crippen LogP contribution >= 0.6 is 0 Å². The summed E-state index contributed by atoms with van der Waals surface area (Å²) in [5.74, 6) is 0.442. The van der Waals surface area contributed by atoms with Crippen molar-refractivity contribution >= 4 is 22.6 Å². The Hall–Kier alpha value is -3.15. The van der Waals surface area contributed by atoms with E-state index < -0.39 is 11.7 Å². The number of nitrogens with zero attached hydrogens (tertiary/aromatic N) is 2. The molecule has 3 nitrogen and oxygen atoms in total. The van der Waals surface area contributed by atoms with E-state index in [1.165, 1.54) is 10.6 Å². The fraction of sp³-hybridized carbons (Fsp3) is 0.182. The second kappa shape index (κ2) is 6.78. The van der Waals surface area contributed by atoms with Gasteiger partial charge in [-0.2, -0.15) is 13.2 Å². The number of aromatic nitrogens is 2. The first-order chi connectivity index (χ1) is 13.3. The first kappa shape index (κ1) is 18.2. The molecule has 4 rings (SSSR count). The van der Waals surface area contributed by atoms with Gasteiger partial charge >= 0.3 is 6.18 Å². The molecule has 0 bridgehead atoms. The zero-order valence-electron chi connectivity index (χ0n) is 15.1. The molecular weight excluding hydrogens is 365 g/mol. The summed E-state index contributed by atoms with van der Waals surface area (Å²) in [5, 5.41) is 0.203. The van der Waals surface area contributed by atoms with E-state index in [2.05, 4.69) is 4.98 Å². The average molecular weight is 382 g/mol. The number of halogens is 3. The molecular formula is C22H17F3N2O. The number of fused-ring (bicyclic) bond motifs is 2. The lowest BCUT2D eigenvalue weighted by Crippen LogP contribution is -2.21. The van der Waals surface area contributed by atoms with E-state index >= 15 is 0 Å². The van der Waals surface area contributed by atoms with Crippen molar-refractivity contribution in [1.29, 1.82) is 0 Å². The van der Waals surface area contributed by atoms with Gasteiger partial charge in [0.15, 0.2) is 0 Å². The minimum absolute atomic E-state index is 0.0727. The molecule has 2 heterocycles. The molecule has 2 aromatic carbocycles. The van der Waals surface area contributed by atoms with Gasteiger partial charge in [0.05, 0.1) is 16.5 Å². The minimum Gasteiger partial charge on any atom is -0.292 e. The van der Waals surface area contributed by atoms with E-state index in [-0.39, 0.29) is 16.5 Å². The van der Waals surface area contributed by atoms with Crippen molar-refractivity contribution in [3.05, 3.63) is 87.5 Å². The second-order valence-electron chi connectivity index (χ2n) is 6.84. The standard InChI is InChI=1S/C22H17F3N2O/c1-14(11-15-5-3-2-4-6-15)12-16-9-10-27-20(16)26-19-13-17(22(23,24)25)7-8-18(19)21(27)28/h2-8,11-13H,9-10H2,1H3/b14-11+,16-12-. The number of hydrogen-bond acceptors (Lipinski definition) is 2. The average Bonchev–Trinajstić information content (AvgIpc) is 3.04. The van der Waals surface area contributed by atoms with Crippen molar-refractivity contribution in [1.82, 2.24) is 9.55 Å². The molecule has 0 spiro atoms. The molecule has 0 N–H and O–H groups in total. The highest BCUT2D eigenvalue weighted by Gasteiger charge is 2.31. The maximum absolute atomic E-state index is 13.0. The lowest BCUT2D eigenvalue weighted by molar-refractivity contribution is -0.137. The van der Waals surface area contributed by atoms with Crippen molar-refractivity contribution in [3.8, 4) is 0 Å². The van der Waals surface area contributed by atoms with Crippen LogP contribution in [0.25, 0.3) is 22.6 Å². The number of benzene rings is 2. The molecule has 0 atom stereocenters. The topological polar surface area (TPSA) is 34.9 Å². The van der Waals surface area contributed by atoms with E-state index in [9.17, 15) is 18.0 Å².